The van der Waals surface area contributed by atoms with Gasteiger partial charge >= 0.3 is 0 Å². The van der Waals surface area contributed by atoms with Crippen molar-refractivity contribution in [3.63, 3.8) is 0 Å². The molecule has 1 heterocycles. The molecule has 26 heavy (non-hydrogen) atoms. The maximum Gasteiger partial charge on any atom is 0.191 e. The highest BCUT2D eigenvalue weighted by Crippen LogP contribution is 2.37. The molecule has 0 aliphatic carbocycles. The van der Waals surface area contributed by atoms with Crippen LogP contribution in [0.3, 0.4) is 0 Å². The zero-order chi connectivity index (χ0) is 18.9. The summed E-state index contributed by atoms with van der Waals surface area (Å²) in [5.41, 5.74) is 0.845. The Bertz CT molecular complexity index is 669. The number of nitrogens with zero attached hydrogens (tertiary/aromatic N) is 1. The lowest BCUT2D eigenvalue weighted by atomic mass is 10.1. The molecular formula is C19H31N3O2S2. The number of hydrogen-bond donors (Lipinski definition) is 2. The summed E-state index contributed by atoms with van der Waals surface area (Å²) in [7, 11) is -3.08. The summed E-state index contributed by atoms with van der Waals surface area (Å²) < 4.78 is 24.7. The topological polar surface area (TPSA) is 70.6 Å². The van der Waals surface area contributed by atoms with Crippen molar-refractivity contribution >= 4 is 27.6 Å². The smallest absolute Gasteiger partial charge is 0.191 e. The van der Waals surface area contributed by atoms with Gasteiger partial charge in [-0.3, -0.25) is 4.99 Å². The van der Waals surface area contributed by atoms with Crippen LogP contribution in [0.2, 0.25) is 0 Å². The van der Waals surface area contributed by atoms with Crippen LogP contribution in [0.5, 0.6) is 0 Å². The summed E-state index contributed by atoms with van der Waals surface area (Å²) in [4.78, 5) is 4.69. The van der Waals surface area contributed by atoms with Crippen molar-refractivity contribution in [3.8, 4) is 0 Å². The Morgan fingerprint density at radius 2 is 2.04 bits per heavy atom. The number of rotatable bonds is 9. The molecule has 1 aromatic carbocycles. The van der Waals surface area contributed by atoms with Gasteiger partial charge < -0.3 is 10.6 Å². The third-order valence-corrected chi connectivity index (χ3v) is 7.58. The van der Waals surface area contributed by atoms with Crippen LogP contribution in [-0.2, 0) is 15.6 Å². The van der Waals surface area contributed by atoms with E-state index in [2.05, 4.69) is 17.6 Å². The summed E-state index contributed by atoms with van der Waals surface area (Å²) in [5.74, 6) is 2.29. The Morgan fingerprint density at radius 1 is 1.27 bits per heavy atom. The van der Waals surface area contributed by atoms with Crippen molar-refractivity contribution in [2.24, 2.45) is 4.99 Å². The fourth-order valence-electron chi connectivity index (χ4n) is 2.95. The highest BCUT2D eigenvalue weighted by Gasteiger charge is 2.29. The van der Waals surface area contributed by atoms with E-state index < -0.39 is 9.84 Å². The van der Waals surface area contributed by atoms with Gasteiger partial charge in [-0.25, -0.2) is 8.42 Å². The first-order chi connectivity index (χ1) is 12.4. The average molecular weight is 398 g/mol. The molecule has 146 valence electrons. The van der Waals surface area contributed by atoms with E-state index in [1.54, 1.807) is 0 Å². The van der Waals surface area contributed by atoms with E-state index in [1.807, 2.05) is 49.0 Å². The predicted molar refractivity (Wildman–Crippen MR) is 113 cm³/mol. The molecule has 0 amide bonds. The molecule has 7 heteroatoms. The van der Waals surface area contributed by atoms with Crippen LogP contribution in [0.25, 0.3) is 0 Å². The maximum atomic E-state index is 12.2. The van der Waals surface area contributed by atoms with Crippen molar-refractivity contribution < 1.29 is 8.42 Å². The number of hydrogen-bond acceptors (Lipinski definition) is 4. The molecule has 0 saturated carbocycles. The molecule has 1 aliphatic heterocycles. The monoisotopic (exact) mass is 397 g/mol. The highest BCUT2D eigenvalue weighted by atomic mass is 32.2. The van der Waals surface area contributed by atoms with Crippen LogP contribution in [0, 0.1) is 0 Å². The molecule has 1 aromatic rings. The van der Waals surface area contributed by atoms with Gasteiger partial charge in [0.25, 0.3) is 0 Å². The number of thioether (sulfide) groups is 1. The molecular weight excluding hydrogens is 366 g/mol. The minimum atomic E-state index is -3.08. The largest absolute Gasteiger partial charge is 0.357 e. The van der Waals surface area contributed by atoms with Crippen LogP contribution in [-0.4, -0.2) is 50.3 Å². The van der Waals surface area contributed by atoms with Gasteiger partial charge in [-0.1, -0.05) is 30.3 Å². The van der Waals surface area contributed by atoms with Gasteiger partial charge in [-0.15, -0.1) is 0 Å². The molecule has 2 rings (SSSR count). The second-order valence-corrected chi connectivity index (χ2v) is 10.8. The average Bonchev–Trinajstić information content (AvgIpc) is 3.04. The summed E-state index contributed by atoms with van der Waals surface area (Å²) in [6.07, 6.45) is 3.05. The fraction of sp³-hybridized carbons (Fsp3) is 0.632. The van der Waals surface area contributed by atoms with Crippen molar-refractivity contribution in [3.05, 3.63) is 35.9 Å². The van der Waals surface area contributed by atoms with Crippen molar-refractivity contribution in [2.45, 2.75) is 43.6 Å². The molecule has 1 fully saturated rings. The lowest BCUT2D eigenvalue weighted by Crippen LogP contribution is -2.39. The Kier molecular flexibility index (Phi) is 8.28. The van der Waals surface area contributed by atoms with Crippen LogP contribution < -0.4 is 10.6 Å². The Labute approximate surface area is 162 Å². The van der Waals surface area contributed by atoms with Crippen molar-refractivity contribution in [2.75, 3.05) is 31.1 Å². The van der Waals surface area contributed by atoms with Crippen molar-refractivity contribution in [1.29, 1.82) is 0 Å². The first-order valence-electron chi connectivity index (χ1n) is 9.33. The van der Waals surface area contributed by atoms with E-state index in [1.165, 1.54) is 18.6 Å². The second kappa shape index (κ2) is 10.2. The second-order valence-electron chi connectivity index (χ2n) is 6.96. The molecule has 0 bridgehead atoms. The number of nitrogens with one attached hydrogen (secondary N) is 2. The number of aliphatic imine (C=N–C) groups is 1. The molecule has 2 N–H and O–H groups in total. The summed E-state index contributed by atoms with van der Waals surface area (Å²) in [6.45, 7) is 6.49. The molecule has 0 radical (unpaired) electrons. The van der Waals surface area contributed by atoms with E-state index in [4.69, 9.17) is 4.99 Å². The Hall–Kier alpha value is -1.21. The van der Waals surface area contributed by atoms with Gasteiger partial charge in [0.05, 0.1) is 18.1 Å². The number of guanidine groups is 1. The zero-order valence-electron chi connectivity index (χ0n) is 15.8. The third-order valence-electron chi connectivity index (χ3n) is 4.37. The molecule has 1 unspecified atom stereocenters. The van der Waals surface area contributed by atoms with Gasteiger partial charge in [0.1, 0.15) is 0 Å². The Balaban J connectivity index is 1.76. The standard InChI is InChI=1S/C19H31N3O2S2/c1-3-20-18(22-16-19(2)11-7-13-25-19)21-12-8-14-26(23,24)15-17-9-5-4-6-10-17/h4-6,9-10H,3,7-8,11-16H2,1-2H3,(H2,20,21,22). The maximum absolute atomic E-state index is 12.2. The molecule has 1 aliphatic rings. The molecule has 1 saturated heterocycles. The van der Waals surface area contributed by atoms with Crippen LogP contribution in [0.1, 0.15) is 38.7 Å². The molecule has 1 atom stereocenters. The fourth-order valence-corrected chi connectivity index (χ4v) is 5.60. The normalized spacial score (nSPS) is 20.9. The van der Waals surface area contributed by atoms with Crippen LogP contribution in [0.4, 0.5) is 0 Å². The zero-order valence-corrected chi connectivity index (χ0v) is 17.5. The van der Waals surface area contributed by atoms with E-state index in [0.29, 0.717) is 13.0 Å². The number of sulfone groups is 1. The third kappa shape index (κ3) is 7.58. The predicted octanol–water partition coefficient (Wildman–Crippen LogP) is 2.83. The quantitative estimate of drug-likeness (QED) is 0.381. The highest BCUT2D eigenvalue weighted by molar-refractivity contribution is 8.00. The lowest BCUT2D eigenvalue weighted by Gasteiger charge is -2.21. The molecule has 0 spiro atoms. The minimum absolute atomic E-state index is 0.109. The van der Waals surface area contributed by atoms with Gasteiger partial charge in [0.2, 0.25) is 0 Å². The van der Waals surface area contributed by atoms with Gasteiger partial charge in [0, 0.05) is 17.8 Å². The molecule has 0 aromatic heterocycles. The van der Waals surface area contributed by atoms with Crippen molar-refractivity contribution in [1.82, 2.24) is 10.6 Å². The number of benzene rings is 1. The summed E-state index contributed by atoms with van der Waals surface area (Å²) >= 11 is 2.00. The van der Waals surface area contributed by atoms with Gasteiger partial charge in [0.15, 0.2) is 15.8 Å². The van der Waals surface area contributed by atoms with E-state index in [-0.39, 0.29) is 16.3 Å². The lowest BCUT2D eigenvalue weighted by molar-refractivity contribution is 0.591. The van der Waals surface area contributed by atoms with Gasteiger partial charge in [-0.2, -0.15) is 11.8 Å². The first kappa shape index (κ1) is 21.1. The van der Waals surface area contributed by atoms with E-state index >= 15 is 0 Å². The molecule has 5 nitrogen and oxygen atoms in total. The van der Waals surface area contributed by atoms with Gasteiger partial charge in [-0.05, 0) is 44.4 Å². The Morgan fingerprint density at radius 3 is 2.69 bits per heavy atom. The first-order valence-corrected chi connectivity index (χ1v) is 12.1. The van der Waals surface area contributed by atoms with E-state index in [9.17, 15) is 8.42 Å². The van der Waals surface area contributed by atoms with Crippen LogP contribution >= 0.6 is 11.8 Å². The SMILES string of the molecule is CCNC(=NCC1(C)CCCS1)NCCCS(=O)(=O)Cc1ccccc1. The summed E-state index contributed by atoms with van der Waals surface area (Å²) in [6, 6.07) is 9.34. The van der Waals surface area contributed by atoms with Crippen LogP contribution in [0.15, 0.2) is 35.3 Å². The van der Waals surface area contributed by atoms with E-state index in [0.717, 1.165) is 24.6 Å². The minimum Gasteiger partial charge on any atom is -0.357 e. The summed E-state index contributed by atoms with van der Waals surface area (Å²) in [5, 5.41) is 6.50.